The summed E-state index contributed by atoms with van der Waals surface area (Å²) >= 11 is 0. The molecule has 6 nitrogen and oxygen atoms in total. The van der Waals surface area contributed by atoms with E-state index >= 15 is 0 Å². The first-order chi connectivity index (χ1) is 13.4. The van der Waals surface area contributed by atoms with Gasteiger partial charge in [0.25, 0.3) is 0 Å². The molecule has 0 saturated carbocycles. The number of hydrogen-bond acceptors (Lipinski definition) is 4. The number of ether oxygens (including phenoxy) is 1. The first-order valence-corrected chi connectivity index (χ1v) is 8.75. The molecular formula is C20H18F3N3O3. The number of aromatic hydroxyl groups is 2. The van der Waals surface area contributed by atoms with Crippen LogP contribution < -0.4 is 0 Å². The second kappa shape index (κ2) is 5.78. The highest BCUT2D eigenvalue weighted by Gasteiger charge is 2.58. The van der Waals surface area contributed by atoms with E-state index < -0.39 is 40.4 Å². The van der Waals surface area contributed by atoms with Crippen LogP contribution in [-0.2, 0) is 22.1 Å². The number of benzene rings is 1. The van der Waals surface area contributed by atoms with Crippen molar-refractivity contribution in [1.82, 2.24) is 9.47 Å². The zero-order valence-corrected chi connectivity index (χ0v) is 15.9. The smallest absolute Gasteiger partial charge is 0.407 e. The van der Waals surface area contributed by atoms with Crippen molar-refractivity contribution < 1.29 is 28.1 Å². The molecule has 0 saturated heterocycles. The lowest BCUT2D eigenvalue weighted by Crippen LogP contribution is -2.35. The predicted molar refractivity (Wildman–Crippen MR) is 98.2 cm³/mol. The van der Waals surface area contributed by atoms with Crippen LogP contribution in [0.3, 0.4) is 0 Å². The van der Waals surface area contributed by atoms with E-state index in [1.54, 1.807) is 19.1 Å². The van der Waals surface area contributed by atoms with Crippen molar-refractivity contribution in [3.05, 3.63) is 58.5 Å². The summed E-state index contributed by atoms with van der Waals surface area (Å²) in [6.45, 7) is 9.06. The van der Waals surface area contributed by atoms with Crippen LogP contribution in [0.5, 0.6) is 11.8 Å². The minimum absolute atomic E-state index is 0.0999. The molecule has 0 aliphatic carbocycles. The van der Waals surface area contributed by atoms with E-state index in [4.69, 9.17) is 11.3 Å². The SMILES string of the molecule is [C-]#[N+]c1ccc(-n2c(O)c3c(c2O)C2(CN(C)C)C=CC3(C)O2)cc1C(F)(F)F. The van der Waals surface area contributed by atoms with Crippen LogP contribution >= 0.6 is 0 Å². The van der Waals surface area contributed by atoms with Gasteiger partial charge in [-0.05, 0) is 45.3 Å². The standard InChI is InChI=1S/C20H18F3N3O3/c1-18-7-8-19(29-18,10-25(3)4)15-14(18)16(27)26(17(15)28)11-5-6-13(24-2)12(9-11)20(21,22)23/h5-9,27-28H,10H2,1,3-4H3. The van der Waals surface area contributed by atoms with Crippen LogP contribution in [0, 0.1) is 6.57 Å². The molecule has 2 aromatic rings. The zero-order valence-electron chi connectivity index (χ0n) is 15.9. The van der Waals surface area contributed by atoms with Gasteiger partial charge in [0.15, 0.2) is 5.69 Å². The Morgan fingerprint density at radius 1 is 1.17 bits per heavy atom. The average molecular weight is 405 g/mol. The molecule has 29 heavy (non-hydrogen) atoms. The van der Waals surface area contributed by atoms with Gasteiger partial charge in [-0.3, -0.25) is 4.57 Å². The number of alkyl halides is 3. The molecule has 0 radical (unpaired) electrons. The Kier molecular flexibility index (Phi) is 3.86. The predicted octanol–water partition coefficient (Wildman–Crippen LogP) is 4.03. The first kappa shape index (κ1) is 19.4. The zero-order chi connectivity index (χ0) is 21.4. The molecule has 0 fully saturated rings. The maximum atomic E-state index is 13.4. The van der Waals surface area contributed by atoms with E-state index in [-0.39, 0.29) is 5.69 Å². The maximum absolute atomic E-state index is 13.4. The number of rotatable bonds is 3. The molecule has 1 aromatic heterocycles. The molecule has 4 rings (SSSR count). The number of likely N-dealkylation sites (N-methyl/N-ethyl adjacent to an activating group) is 1. The summed E-state index contributed by atoms with van der Waals surface area (Å²) in [6, 6.07) is 3.03. The number of halogens is 3. The summed E-state index contributed by atoms with van der Waals surface area (Å²) in [5.41, 5.74) is -3.17. The van der Waals surface area contributed by atoms with Gasteiger partial charge in [-0.2, -0.15) is 13.2 Å². The molecule has 0 amide bonds. The Labute approximate surface area is 164 Å². The van der Waals surface area contributed by atoms with Crippen LogP contribution in [0.1, 0.15) is 23.6 Å². The van der Waals surface area contributed by atoms with Crippen molar-refractivity contribution in [2.24, 2.45) is 0 Å². The monoisotopic (exact) mass is 405 g/mol. The molecule has 1 aromatic carbocycles. The number of aromatic nitrogens is 1. The maximum Gasteiger partial charge on any atom is 0.407 e. The van der Waals surface area contributed by atoms with Crippen molar-refractivity contribution in [3.8, 4) is 17.4 Å². The largest absolute Gasteiger partial charge is 0.494 e. The Balaban J connectivity index is 1.95. The molecule has 2 N–H and O–H groups in total. The van der Waals surface area contributed by atoms with Crippen LogP contribution in [0.2, 0.25) is 0 Å². The second-order valence-electron chi connectivity index (χ2n) is 7.71. The van der Waals surface area contributed by atoms with E-state index in [0.717, 1.165) is 16.7 Å². The van der Waals surface area contributed by atoms with Crippen molar-refractivity contribution >= 4 is 5.69 Å². The van der Waals surface area contributed by atoms with E-state index in [2.05, 4.69) is 4.85 Å². The van der Waals surface area contributed by atoms with Gasteiger partial charge in [0.05, 0.1) is 28.9 Å². The van der Waals surface area contributed by atoms with Crippen LogP contribution in [0.4, 0.5) is 18.9 Å². The van der Waals surface area contributed by atoms with Crippen LogP contribution in [0.25, 0.3) is 10.5 Å². The highest BCUT2D eigenvalue weighted by Crippen LogP contribution is 2.61. The van der Waals surface area contributed by atoms with Crippen molar-refractivity contribution in [2.45, 2.75) is 24.3 Å². The van der Waals surface area contributed by atoms with Gasteiger partial charge in [-0.1, -0.05) is 6.07 Å². The Hall–Kier alpha value is -2.96. The fourth-order valence-corrected chi connectivity index (χ4v) is 4.29. The molecule has 3 heterocycles. The van der Waals surface area contributed by atoms with Gasteiger partial charge in [-0.25, -0.2) is 4.85 Å². The Morgan fingerprint density at radius 3 is 2.41 bits per heavy atom. The summed E-state index contributed by atoms with van der Waals surface area (Å²) in [4.78, 5) is 4.77. The lowest BCUT2D eigenvalue weighted by Gasteiger charge is -2.28. The number of hydrogen-bond donors (Lipinski definition) is 2. The van der Waals surface area contributed by atoms with Crippen molar-refractivity contribution in [3.63, 3.8) is 0 Å². The number of nitrogens with zero attached hydrogens (tertiary/aromatic N) is 3. The van der Waals surface area contributed by atoms with E-state index in [9.17, 15) is 23.4 Å². The first-order valence-electron chi connectivity index (χ1n) is 8.75. The van der Waals surface area contributed by atoms with Gasteiger partial charge in [0.1, 0.15) is 11.2 Å². The quantitative estimate of drug-likeness (QED) is 0.598. The molecule has 2 atom stereocenters. The molecule has 152 valence electrons. The van der Waals surface area contributed by atoms with E-state index in [1.807, 2.05) is 19.0 Å². The van der Waals surface area contributed by atoms with Crippen LogP contribution in [0.15, 0.2) is 30.4 Å². The minimum Gasteiger partial charge on any atom is -0.494 e. The molecule has 2 aliphatic heterocycles. The highest BCUT2D eigenvalue weighted by atomic mass is 19.4. The lowest BCUT2D eigenvalue weighted by atomic mass is 9.84. The fourth-order valence-electron chi connectivity index (χ4n) is 4.29. The Morgan fingerprint density at radius 2 is 1.83 bits per heavy atom. The van der Waals surface area contributed by atoms with E-state index in [0.29, 0.717) is 17.7 Å². The van der Waals surface area contributed by atoms with Gasteiger partial charge < -0.3 is 19.8 Å². The third-order valence-electron chi connectivity index (χ3n) is 5.32. The van der Waals surface area contributed by atoms with Crippen molar-refractivity contribution in [2.75, 3.05) is 20.6 Å². The summed E-state index contributed by atoms with van der Waals surface area (Å²) in [5.74, 6) is -0.787. The van der Waals surface area contributed by atoms with Gasteiger partial charge in [0, 0.05) is 6.54 Å². The average Bonchev–Trinajstić information content (AvgIpc) is 3.18. The van der Waals surface area contributed by atoms with E-state index in [1.165, 1.54) is 6.07 Å². The normalized spacial score (nSPS) is 24.9. The van der Waals surface area contributed by atoms with Gasteiger partial charge >= 0.3 is 6.18 Å². The summed E-state index contributed by atoms with van der Waals surface area (Å²) in [7, 11) is 3.65. The third-order valence-corrected chi connectivity index (χ3v) is 5.32. The second-order valence-corrected chi connectivity index (χ2v) is 7.71. The lowest BCUT2D eigenvalue weighted by molar-refractivity contribution is -0.136. The molecule has 9 heteroatoms. The van der Waals surface area contributed by atoms with Crippen LogP contribution in [-0.4, -0.2) is 40.3 Å². The number of fused-ring (bicyclic) bond motifs is 5. The summed E-state index contributed by atoms with van der Waals surface area (Å²) in [5, 5.41) is 21.8. The highest BCUT2D eigenvalue weighted by molar-refractivity contribution is 5.66. The van der Waals surface area contributed by atoms with Crippen molar-refractivity contribution in [1.29, 1.82) is 0 Å². The van der Waals surface area contributed by atoms with Gasteiger partial charge in [0.2, 0.25) is 11.8 Å². The summed E-state index contributed by atoms with van der Waals surface area (Å²) in [6.07, 6.45) is -1.19. The Bertz CT molecular complexity index is 1100. The molecule has 2 bridgehead atoms. The van der Waals surface area contributed by atoms with Gasteiger partial charge in [-0.15, -0.1) is 0 Å². The molecular weight excluding hydrogens is 387 g/mol. The fraction of sp³-hybridized carbons (Fsp3) is 0.350. The molecule has 2 aliphatic rings. The minimum atomic E-state index is -4.75. The molecule has 2 unspecified atom stereocenters. The topological polar surface area (TPSA) is 62.2 Å². The molecule has 0 spiro atoms. The summed E-state index contributed by atoms with van der Waals surface area (Å²) < 4.78 is 47.2. The third kappa shape index (κ3) is 2.56.